The molecule has 0 bridgehead atoms. The van der Waals surface area contributed by atoms with Crippen LogP contribution in [0, 0.1) is 11.8 Å². The molecule has 2 fully saturated rings. The summed E-state index contributed by atoms with van der Waals surface area (Å²) in [7, 11) is 0. The second kappa shape index (κ2) is 5.79. The van der Waals surface area contributed by atoms with Gasteiger partial charge >= 0.3 is 0 Å². The maximum atomic E-state index is 6.28. The monoisotopic (exact) mass is 286 g/mol. The van der Waals surface area contributed by atoms with Gasteiger partial charge in [0, 0.05) is 24.2 Å². The van der Waals surface area contributed by atoms with E-state index in [1.807, 2.05) is 12.1 Å². The molecule has 0 aliphatic carbocycles. The molecule has 2 aliphatic heterocycles. The first-order valence-electron chi connectivity index (χ1n) is 6.45. The Kier molecular flexibility index (Phi) is 4.54. The van der Waals surface area contributed by atoms with E-state index in [0.717, 1.165) is 16.9 Å². The van der Waals surface area contributed by atoms with Crippen molar-refractivity contribution in [2.24, 2.45) is 11.8 Å². The third-order valence-electron chi connectivity index (χ3n) is 4.32. The molecule has 1 aromatic carbocycles. The van der Waals surface area contributed by atoms with Crippen LogP contribution < -0.4 is 5.32 Å². The molecular weight excluding hydrogens is 267 g/mol. The van der Waals surface area contributed by atoms with Crippen molar-refractivity contribution >= 4 is 24.0 Å². The Morgan fingerprint density at radius 3 is 2.44 bits per heavy atom. The predicted molar refractivity (Wildman–Crippen MR) is 78.5 cm³/mol. The third kappa shape index (κ3) is 2.53. The molecule has 2 saturated heterocycles. The Morgan fingerprint density at radius 1 is 1.22 bits per heavy atom. The molecule has 1 aromatic rings. The van der Waals surface area contributed by atoms with Gasteiger partial charge in [-0.25, -0.2) is 0 Å². The SMILES string of the molecule is CC(c1ccccc1Cl)N1C[C@H]2CNC[C@H]2C1.Cl. The van der Waals surface area contributed by atoms with Crippen molar-refractivity contribution in [2.45, 2.75) is 13.0 Å². The second-order valence-corrected chi connectivity index (χ2v) is 5.74. The largest absolute Gasteiger partial charge is 0.316 e. The average molecular weight is 287 g/mol. The first-order valence-corrected chi connectivity index (χ1v) is 6.82. The molecule has 0 spiro atoms. The number of nitrogens with zero attached hydrogens (tertiary/aromatic N) is 1. The number of fused-ring (bicyclic) bond motifs is 1. The van der Waals surface area contributed by atoms with Crippen LogP contribution >= 0.6 is 24.0 Å². The number of likely N-dealkylation sites (tertiary alicyclic amines) is 1. The standard InChI is InChI=1S/C14H19ClN2.ClH/c1-10(13-4-2-3-5-14(13)15)17-8-11-6-16-7-12(11)9-17;/h2-5,10-12,16H,6-9H2,1H3;1H/t10?,11-,12+;. The Hall–Kier alpha value is -0.280. The van der Waals surface area contributed by atoms with Gasteiger partial charge in [-0.3, -0.25) is 4.90 Å². The first-order chi connectivity index (χ1) is 8.25. The number of hydrogen-bond donors (Lipinski definition) is 1. The van der Waals surface area contributed by atoms with Gasteiger partial charge in [-0.1, -0.05) is 29.8 Å². The normalized spacial score (nSPS) is 28.8. The third-order valence-corrected chi connectivity index (χ3v) is 4.66. The van der Waals surface area contributed by atoms with Crippen molar-refractivity contribution in [3.05, 3.63) is 34.9 Å². The van der Waals surface area contributed by atoms with Crippen LogP contribution in [-0.2, 0) is 0 Å². The van der Waals surface area contributed by atoms with Crippen LogP contribution in [0.3, 0.4) is 0 Å². The molecule has 100 valence electrons. The summed E-state index contributed by atoms with van der Waals surface area (Å²) in [5.74, 6) is 1.69. The van der Waals surface area contributed by atoms with E-state index in [4.69, 9.17) is 11.6 Å². The molecule has 0 saturated carbocycles. The predicted octanol–water partition coefficient (Wildman–Crippen LogP) is 2.97. The van der Waals surface area contributed by atoms with Gasteiger partial charge < -0.3 is 5.32 Å². The van der Waals surface area contributed by atoms with E-state index in [2.05, 4.69) is 29.3 Å². The molecule has 2 nitrogen and oxygen atoms in total. The zero-order chi connectivity index (χ0) is 11.8. The molecule has 18 heavy (non-hydrogen) atoms. The van der Waals surface area contributed by atoms with Gasteiger partial charge in [0.05, 0.1) is 0 Å². The van der Waals surface area contributed by atoms with E-state index in [1.165, 1.54) is 31.7 Å². The fraction of sp³-hybridized carbons (Fsp3) is 0.571. The molecule has 3 rings (SSSR count). The lowest BCUT2D eigenvalue weighted by atomic mass is 10.0. The fourth-order valence-corrected chi connectivity index (χ4v) is 3.51. The van der Waals surface area contributed by atoms with Gasteiger partial charge in [0.15, 0.2) is 0 Å². The number of rotatable bonds is 2. The molecule has 1 N–H and O–H groups in total. The van der Waals surface area contributed by atoms with Crippen molar-refractivity contribution < 1.29 is 0 Å². The van der Waals surface area contributed by atoms with Crippen molar-refractivity contribution in [3.8, 4) is 0 Å². The van der Waals surface area contributed by atoms with Crippen molar-refractivity contribution in [1.29, 1.82) is 0 Å². The van der Waals surface area contributed by atoms with Crippen LogP contribution in [0.2, 0.25) is 5.02 Å². The van der Waals surface area contributed by atoms with E-state index in [0.29, 0.717) is 6.04 Å². The number of hydrogen-bond acceptors (Lipinski definition) is 2. The Bertz CT molecular complexity index is 399. The quantitative estimate of drug-likeness (QED) is 0.899. The highest BCUT2D eigenvalue weighted by Crippen LogP contribution is 2.34. The highest BCUT2D eigenvalue weighted by molar-refractivity contribution is 6.31. The molecule has 0 aromatic heterocycles. The minimum Gasteiger partial charge on any atom is -0.316 e. The molecule has 3 atom stereocenters. The Morgan fingerprint density at radius 2 is 1.83 bits per heavy atom. The smallest absolute Gasteiger partial charge is 0.0453 e. The number of benzene rings is 1. The van der Waals surface area contributed by atoms with Crippen molar-refractivity contribution in [3.63, 3.8) is 0 Å². The van der Waals surface area contributed by atoms with Crippen LogP contribution in [0.4, 0.5) is 0 Å². The lowest BCUT2D eigenvalue weighted by Crippen LogP contribution is -2.28. The molecule has 0 radical (unpaired) electrons. The summed E-state index contributed by atoms with van der Waals surface area (Å²) < 4.78 is 0. The van der Waals surface area contributed by atoms with Gasteiger partial charge in [-0.2, -0.15) is 0 Å². The van der Waals surface area contributed by atoms with Gasteiger partial charge in [0.25, 0.3) is 0 Å². The Labute approximate surface area is 120 Å². The maximum absolute atomic E-state index is 6.28. The molecule has 0 amide bonds. The zero-order valence-corrected chi connectivity index (χ0v) is 12.2. The molecule has 2 heterocycles. The molecule has 1 unspecified atom stereocenters. The zero-order valence-electron chi connectivity index (χ0n) is 10.6. The number of nitrogens with one attached hydrogen (secondary N) is 1. The molecule has 4 heteroatoms. The van der Waals surface area contributed by atoms with Crippen LogP contribution in [-0.4, -0.2) is 31.1 Å². The topological polar surface area (TPSA) is 15.3 Å². The van der Waals surface area contributed by atoms with E-state index in [9.17, 15) is 0 Å². The van der Waals surface area contributed by atoms with Gasteiger partial charge in [0.2, 0.25) is 0 Å². The first kappa shape index (κ1) is 14.1. The summed E-state index contributed by atoms with van der Waals surface area (Å²) >= 11 is 6.28. The Balaban J connectivity index is 0.00000120. The minimum atomic E-state index is 0. The lowest BCUT2D eigenvalue weighted by Gasteiger charge is -2.26. The van der Waals surface area contributed by atoms with E-state index < -0.39 is 0 Å². The average Bonchev–Trinajstić information content (AvgIpc) is 2.88. The summed E-state index contributed by atoms with van der Waals surface area (Å²) in [5.41, 5.74) is 1.27. The summed E-state index contributed by atoms with van der Waals surface area (Å²) in [6.45, 7) is 7.08. The molecular formula is C14H20Cl2N2. The number of halogens is 2. The van der Waals surface area contributed by atoms with E-state index >= 15 is 0 Å². The van der Waals surface area contributed by atoms with Crippen LogP contribution in [0.15, 0.2) is 24.3 Å². The summed E-state index contributed by atoms with van der Waals surface area (Å²) in [4.78, 5) is 2.58. The fourth-order valence-electron chi connectivity index (χ4n) is 3.22. The van der Waals surface area contributed by atoms with E-state index in [-0.39, 0.29) is 12.4 Å². The highest BCUT2D eigenvalue weighted by Gasteiger charge is 2.38. The lowest BCUT2D eigenvalue weighted by molar-refractivity contribution is 0.244. The van der Waals surface area contributed by atoms with Gasteiger partial charge in [-0.15, -0.1) is 12.4 Å². The van der Waals surface area contributed by atoms with Crippen LogP contribution in [0.5, 0.6) is 0 Å². The second-order valence-electron chi connectivity index (χ2n) is 5.33. The maximum Gasteiger partial charge on any atom is 0.0453 e. The van der Waals surface area contributed by atoms with Crippen LogP contribution in [0.1, 0.15) is 18.5 Å². The van der Waals surface area contributed by atoms with Crippen molar-refractivity contribution in [2.75, 3.05) is 26.2 Å². The summed E-state index contributed by atoms with van der Waals surface area (Å²) in [6, 6.07) is 8.66. The van der Waals surface area contributed by atoms with Gasteiger partial charge in [-0.05, 0) is 43.5 Å². The molecule has 2 aliphatic rings. The van der Waals surface area contributed by atoms with Crippen LogP contribution in [0.25, 0.3) is 0 Å². The summed E-state index contributed by atoms with van der Waals surface area (Å²) in [6.07, 6.45) is 0. The van der Waals surface area contributed by atoms with Gasteiger partial charge in [0.1, 0.15) is 0 Å². The van der Waals surface area contributed by atoms with E-state index in [1.54, 1.807) is 0 Å². The minimum absolute atomic E-state index is 0. The summed E-state index contributed by atoms with van der Waals surface area (Å²) in [5, 5.41) is 4.38. The van der Waals surface area contributed by atoms with Crippen molar-refractivity contribution in [1.82, 2.24) is 10.2 Å². The highest BCUT2D eigenvalue weighted by atomic mass is 35.5.